The van der Waals surface area contributed by atoms with E-state index in [9.17, 15) is 32.7 Å². The minimum absolute atomic E-state index is 0.0404. The smallest absolute Gasteiger partial charge is 0.417 e. The number of aromatic nitrogens is 3. The number of carbonyl (C=O) groups is 2. The highest BCUT2D eigenvalue weighted by Gasteiger charge is 2.38. The number of aliphatic carboxylic acids is 1. The molecule has 2 aromatic heterocycles. The Morgan fingerprint density at radius 3 is 2.73 bits per heavy atom. The zero-order valence-corrected chi connectivity index (χ0v) is 13.2. The molecule has 0 aliphatic carbocycles. The van der Waals surface area contributed by atoms with E-state index < -0.39 is 41.8 Å². The van der Waals surface area contributed by atoms with Gasteiger partial charge in [-0.15, -0.1) is 0 Å². The van der Waals surface area contributed by atoms with Gasteiger partial charge in [-0.2, -0.15) is 13.2 Å². The third-order valence-electron chi connectivity index (χ3n) is 4.10. The summed E-state index contributed by atoms with van der Waals surface area (Å²) in [5.41, 5.74) is -1.12. The van der Waals surface area contributed by atoms with Gasteiger partial charge in [-0.25, -0.2) is 9.78 Å². The summed E-state index contributed by atoms with van der Waals surface area (Å²) in [5.74, 6) is -2.10. The van der Waals surface area contributed by atoms with Crippen LogP contribution in [-0.4, -0.2) is 43.0 Å². The summed E-state index contributed by atoms with van der Waals surface area (Å²) in [6.07, 6.45) is -2.49. The van der Waals surface area contributed by atoms with Gasteiger partial charge in [0.25, 0.3) is 5.56 Å². The zero-order valence-electron chi connectivity index (χ0n) is 13.2. The Balaban J connectivity index is 1.89. The minimum atomic E-state index is -4.67. The molecule has 0 saturated heterocycles. The molecule has 1 atom stereocenters. The predicted octanol–water partition coefficient (Wildman–Crippen LogP) is 0.801. The first kappa shape index (κ1) is 17.7. The summed E-state index contributed by atoms with van der Waals surface area (Å²) in [4.78, 5) is 43.6. The number of H-pyrrole nitrogens is 1. The summed E-state index contributed by atoms with van der Waals surface area (Å²) in [5, 5.41) is 9.43. The van der Waals surface area contributed by atoms with Gasteiger partial charge in [-0.05, 0) is 6.07 Å². The quantitative estimate of drug-likeness (QED) is 0.831. The fraction of sp³-hybridized carbons (Fsp3) is 0.333. The van der Waals surface area contributed by atoms with Crippen LogP contribution in [0.25, 0.3) is 0 Å². The van der Waals surface area contributed by atoms with Crippen LogP contribution < -0.4 is 5.56 Å². The number of carboxylic acid groups (broad SMARTS) is 1. The average molecular weight is 370 g/mol. The van der Waals surface area contributed by atoms with Crippen LogP contribution in [0.4, 0.5) is 13.2 Å². The third kappa shape index (κ3) is 3.19. The lowest BCUT2D eigenvalue weighted by molar-refractivity contribution is -0.151. The lowest BCUT2D eigenvalue weighted by Gasteiger charge is -2.32. The molecule has 1 unspecified atom stereocenters. The van der Waals surface area contributed by atoms with Crippen LogP contribution in [0.2, 0.25) is 0 Å². The number of hydrogen-bond donors (Lipinski definition) is 2. The molecule has 0 saturated carbocycles. The highest BCUT2D eigenvalue weighted by molar-refractivity contribution is 5.85. The lowest BCUT2D eigenvalue weighted by atomic mass is 10.0. The van der Waals surface area contributed by atoms with Crippen molar-refractivity contribution >= 4 is 11.9 Å². The number of nitrogens with one attached hydrogen (secondary N) is 1. The first-order valence-electron chi connectivity index (χ1n) is 7.50. The van der Waals surface area contributed by atoms with Crippen molar-refractivity contribution in [2.45, 2.75) is 25.2 Å². The number of nitrogens with zero attached hydrogens (tertiary/aromatic N) is 3. The molecule has 0 spiro atoms. The van der Waals surface area contributed by atoms with Gasteiger partial charge in [0, 0.05) is 30.9 Å². The maximum absolute atomic E-state index is 12.8. The molecular weight excluding hydrogens is 357 g/mol. The summed E-state index contributed by atoms with van der Waals surface area (Å²) in [7, 11) is 0. The molecule has 0 aromatic carbocycles. The van der Waals surface area contributed by atoms with E-state index in [1.165, 1.54) is 6.33 Å². The average Bonchev–Trinajstić information content (AvgIpc) is 3.03. The van der Waals surface area contributed by atoms with Crippen LogP contribution in [0.15, 0.2) is 29.5 Å². The Labute approximate surface area is 143 Å². The Bertz CT molecular complexity index is 918. The van der Waals surface area contributed by atoms with Gasteiger partial charge in [0.15, 0.2) is 6.04 Å². The van der Waals surface area contributed by atoms with Crippen molar-refractivity contribution in [1.82, 2.24) is 19.4 Å². The normalized spacial score (nSPS) is 17.0. The third-order valence-corrected chi connectivity index (χ3v) is 4.10. The van der Waals surface area contributed by atoms with E-state index in [1.54, 1.807) is 0 Å². The van der Waals surface area contributed by atoms with Crippen LogP contribution in [0.1, 0.15) is 23.0 Å². The first-order chi connectivity index (χ1) is 12.2. The molecule has 26 heavy (non-hydrogen) atoms. The Hall–Kier alpha value is -3.11. The summed E-state index contributed by atoms with van der Waals surface area (Å²) in [6.45, 7) is -0.662. The van der Waals surface area contributed by atoms with E-state index in [0.29, 0.717) is 35.0 Å². The molecule has 1 aliphatic heterocycles. The SMILES string of the molecule is O=C(O)C1c2nc[nH]c2CCN1C(=O)Cn1cc(C(F)(F)F)ccc1=O. The number of halogens is 3. The predicted molar refractivity (Wildman–Crippen MR) is 80.1 cm³/mol. The Kier molecular flexibility index (Phi) is 4.30. The molecule has 11 heteroatoms. The van der Waals surface area contributed by atoms with E-state index >= 15 is 0 Å². The minimum Gasteiger partial charge on any atom is -0.479 e. The van der Waals surface area contributed by atoms with Crippen molar-refractivity contribution in [3.63, 3.8) is 0 Å². The molecule has 1 aliphatic rings. The number of aromatic amines is 1. The number of carboxylic acids is 1. The molecule has 0 radical (unpaired) electrons. The standard InChI is InChI=1S/C15H13F3N4O4/c16-15(17,18)8-1-2-10(23)21(5-8)6-11(24)22-4-3-9-12(20-7-19-9)13(22)14(25)26/h1-2,5,7,13H,3-4,6H2,(H,19,20)(H,25,26). The lowest BCUT2D eigenvalue weighted by Crippen LogP contribution is -2.45. The fourth-order valence-electron chi connectivity index (χ4n) is 2.85. The van der Waals surface area contributed by atoms with Crippen molar-refractivity contribution in [2.75, 3.05) is 6.54 Å². The molecule has 3 heterocycles. The topological polar surface area (TPSA) is 108 Å². The first-order valence-corrected chi connectivity index (χ1v) is 7.50. The van der Waals surface area contributed by atoms with Gasteiger partial charge >= 0.3 is 12.1 Å². The van der Waals surface area contributed by atoms with E-state index in [0.717, 1.165) is 4.90 Å². The number of imidazole rings is 1. The number of alkyl halides is 3. The van der Waals surface area contributed by atoms with Gasteiger partial charge in [0.1, 0.15) is 6.54 Å². The molecule has 0 bridgehead atoms. The maximum Gasteiger partial charge on any atom is 0.417 e. The molecule has 8 nitrogen and oxygen atoms in total. The number of hydrogen-bond acceptors (Lipinski definition) is 4. The molecule has 138 valence electrons. The van der Waals surface area contributed by atoms with Crippen molar-refractivity contribution in [2.24, 2.45) is 0 Å². The van der Waals surface area contributed by atoms with E-state index in [2.05, 4.69) is 9.97 Å². The van der Waals surface area contributed by atoms with Crippen molar-refractivity contribution in [1.29, 1.82) is 0 Å². The highest BCUT2D eigenvalue weighted by Crippen LogP contribution is 2.29. The number of fused-ring (bicyclic) bond motifs is 1. The molecule has 2 N–H and O–H groups in total. The van der Waals surface area contributed by atoms with Gasteiger partial charge < -0.3 is 19.6 Å². The summed E-state index contributed by atoms with van der Waals surface area (Å²) in [6, 6.07) is -0.0217. The maximum atomic E-state index is 12.8. The van der Waals surface area contributed by atoms with E-state index in [4.69, 9.17) is 0 Å². The van der Waals surface area contributed by atoms with Gasteiger partial charge in [-0.1, -0.05) is 0 Å². The molecular formula is C15H13F3N4O4. The van der Waals surface area contributed by atoms with Gasteiger partial charge in [0.2, 0.25) is 5.91 Å². The molecule has 1 amide bonds. The number of rotatable bonds is 3. The van der Waals surface area contributed by atoms with Gasteiger partial charge in [-0.3, -0.25) is 9.59 Å². The molecule has 3 rings (SSSR count). The second-order valence-electron chi connectivity index (χ2n) is 5.73. The van der Waals surface area contributed by atoms with Crippen molar-refractivity contribution in [3.8, 4) is 0 Å². The Morgan fingerprint density at radius 1 is 1.35 bits per heavy atom. The van der Waals surface area contributed by atoms with Crippen molar-refractivity contribution in [3.05, 3.63) is 52.0 Å². The monoisotopic (exact) mass is 370 g/mol. The van der Waals surface area contributed by atoms with Crippen LogP contribution in [0.3, 0.4) is 0 Å². The summed E-state index contributed by atoms with van der Waals surface area (Å²) >= 11 is 0. The van der Waals surface area contributed by atoms with E-state index in [-0.39, 0.29) is 12.2 Å². The van der Waals surface area contributed by atoms with E-state index in [1.807, 2.05) is 0 Å². The second kappa shape index (κ2) is 6.32. The zero-order chi connectivity index (χ0) is 19.1. The van der Waals surface area contributed by atoms with Crippen LogP contribution in [-0.2, 0) is 28.7 Å². The fourth-order valence-corrected chi connectivity index (χ4v) is 2.85. The van der Waals surface area contributed by atoms with Crippen LogP contribution >= 0.6 is 0 Å². The molecule has 2 aromatic rings. The Morgan fingerprint density at radius 2 is 2.08 bits per heavy atom. The highest BCUT2D eigenvalue weighted by atomic mass is 19.4. The number of carbonyl (C=O) groups excluding carboxylic acids is 1. The largest absolute Gasteiger partial charge is 0.479 e. The second-order valence-corrected chi connectivity index (χ2v) is 5.73. The van der Waals surface area contributed by atoms with Crippen LogP contribution in [0.5, 0.6) is 0 Å². The molecule has 0 fully saturated rings. The van der Waals surface area contributed by atoms with Crippen molar-refractivity contribution < 1.29 is 27.9 Å². The van der Waals surface area contributed by atoms with Crippen LogP contribution in [0, 0.1) is 0 Å². The number of amides is 1. The van der Waals surface area contributed by atoms with Gasteiger partial charge in [0.05, 0.1) is 17.6 Å². The summed E-state index contributed by atoms with van der Waals surface area (Å²) < 4.78 is 39.0. The number of pyridine rings is 1.